The average molecular weight is 252 g/mol. The Morgan fingerprint density at radius 2 is 2.00 bits per heavy atom. The van der Waals surface area contributed by atoms with Gasteiger partial charge in [0.2, 0.25) is 0 Å². The van der Waals surface area contributed by atoms with Crippen LogP contribution in [0, 0.1) is 7.43 Å². The molecule has 0 saturated heterocycles. The van der Waals surface area contributed by atoms with Crippen molar-refractivity contribution in [1.29, 1.82) is 0 Å². The van der Waals surface area contributed by atoms with Gasteiger partial charge in [-0.05, 0) is 0 Å². The van der Waals surface area contributed by atoms with Gasteiger partial charge in [-0.15, -0.1) is 0 Å². The molecule has 50 valence electrons. The van der Waals surface area contributed by atoms with Gasteiger partial charge >= 0.3 is 74.9 Å². The first-order valence-electron chi connectivity index (χ1n) is 1.87. The Labute approximate surface area is 114 Å². The zero-order chi connectivity index (χ0) is 5.86. The van der Waals surface area contributed by atoms with Crippen molar-refractivity contribution in [3.05, 3.63) is 7.43 Å². The number of hydrogen-bond acceptors (Lipinski definition) is 3. The Kier molecular flexibility index (Phi) is 17.6. The molecular weight excluding hydrogens is 241 g/mol. The summed E-state index contributed by atoms with van der Waals surface area (Å²) in [6, 6.07) is -0.903. The molecule has 0 aliphatic rings. The molecule has 0 spiro atoms. The minimum Gasteiger partial charge on any atom is -0.480 e. The monoisotopic (exact) mass is 252 g/mol. The number of carboxylic acids is 1. The molecule has 0 fully saturated rings. The molecule has 4 nitrogen and oxygen atoms in total. The molecule has 0 aliphatic heterocycles. The second-order valence-corrected chi connectivity index (χ2v) is 1.18. The van der Waals surface area contributed by atoms with Gasteiger partial charge in [-0.25, -0.2) is 0 Å². The van der Waals surface area contributed by atoms with Crippen LogP contribution >= 0.6 is 0 Å². The van der Waals surface area contributed by atoms with Crippen molar-refractivity contribution in [2.75, 3.05) is 6.54 Å². The molecule has 0 aromatic heterocycles. The predicted octanol–water partition coefficient (Wildman–Crippen LogP) is -4.19. The second-order valence-electron chi connectivity index (χ2n) is 1.18. The zero-order valence-electron chi connectivity index (χ0n) is 5.79. The van der Waals surface area contributed by atoms with E-state index in [0.29, 0.717) is 0 Å². The van der Waals surface area contributed by atoms with Crippen LogP contribution in [0.5, 0.6) is 0 Å². The summed E-state index contributed by atoms with van der Waals surface area (Å²) in [4.78, 5) is 9.73. The number of aliphatic carboxylic acids is 1. The van der Waals surface area contributed by atoms with E-state index in [2.05, 4.69) is 0 Å². The van der Waals surface area contributed by atoms with Crippen LogP contribution in [0.3, 0.4) is 0 Å². The summed E-state index contributed by atoms with van der Waals surface area (Å²) in [5.74, 6) is -1.05. The Balaban J connectivity index is -0.000000180. The molecule has 0 aromatic rings. The fraction of sp³-hybridized carbons (Fsp3) is 0.500. The van der Waals surface area contributed by atoms with Crippen LogP contribution in [-0.4, -0.2) is 23.7 Å². The normalized spacial score (nSPS) is 10.4. The molecule has 0 bridgehead atoms. The van der Waals surface area contributed by atoms with Crippen molar-refractivity contribution in [1.82, 2.24) is 0 Å². The van der Waals surface area contributed by atoms with Crippen molar-refractivity contribution < 1.29 is 78.8 Å². The maximum absolute atomic E-state index is 9.73. The summed E-state index contributed by atoms with van der Waals surface area (Å²) in [6.45, 7) is -0.00463. The minimum atomic E-state index is -1.05. The van der Waals surface area contributed by atoms with Crippen LogP contribution in [0.1, 0.15) is 0 Å². The Morgan fingerprint density at radius 3 is 2.00 bits per heavy atom. The molecule has 0 unspecified atom stereocenters. The third-order valence-electron chi connectivity index (χ3n) is 0.571. The van der Waals surface area contributed by atoms with E-state index in [-0.39, 0.29) is 82.9 Å². The van der Waals surface area contributed by atoms with Gasteiger partial charge in [0.15, 0.2) is 0 Å². The minimum absolute atomic E-state index is 0. The van der Waals surface area contributed by atoms with Gasteiger partial charge in [0.25, 0.3) is 0 Å². The summed E-state index contributed by atoms with van der Waals surface area (Å²) in [5.41, 5.74) is 9.76. The van der Waals surface area contributed by atoms with E-state index in [1.807, 2.05) is 0 Å². The number of carboxylic acid groups (broad SMARTS) is 1. The van der Waals surface area contributed by atoms with Crippen LogP contribution in [0.15, 0.2) is 0 Å². The van der Waals surface area contributed by atoms with Gasteiger partial charge in [0.1, 0.15) is 6.04 Å². The van der Waals surface area contributed by atoms with E-state index in [0.717, 1.165) is 0 Å². The maximum atomic E-state index is 9.73. The fourth-order valence-corrected chi connectivity index (χ4v) is 0.101. The SMILES string of the molecule is NC[C@H](N)C(=O)O.[CH3-].[Cs+]. The van der Waals surface area contributed by atoms with E-state index in [1.165, 1.54) is 0 Å². The third kappa shape index (κ3) is 9.44. The van der Waals surface area contributed by atoms with Crippen LogP contribution in [0.25, 0.3) is 0 Å². The van der Waals surface area contributed by atoms with Crippen LogP contribution in [0.4, 0.5) is 0 Å². The molecular formula is C4H11CsN2O2. The van der Waals surface area contributed by atoms with E-state index in [9.17, 15) is 4.79 Å². The van der Waals surface area contributed by atoms with Crippen LogP contribution in [0.2, 0.25) is 0 Å². The molecule has 0 heterocycles. The van der Waals surface area contributed by atoms with Crippen molar-refractivity contribution in [2.45, 2.75) is 6.04 Å². The van der Waals surface area contributed by atoms with E-state index < -0.39 is 12.0 Å². The Morgan fingerprint density at radius 1 is 1.67 bits per heavy atom. The van der Waals surface area contributed by atoms with Crippen molar-refractivity contribution in [2.24, 2.45) is 11.5 Å². The summed E-state index contributed by atoms with van der Waals surface area (Å²) < 4.78 is 0. The largest absolute Gasteiger partial charge is 1.00 e. The van der Waals surface area contributed by atoms with Crippen molar-refractivity contribution in [3.63, 3.8) is 0 Å². The van der Waals surface area contributed by atoms with Gasteiger partial charge in [-0.2, -0.15) is 0 Å². The first-order chi connectivity index (χ1) is 3.18. The average Bonchev–Trinajstić information content (AvgIpc) is 1.65. The zero-order valence-corrected chi connectivity index (χ0v) is 12.1. The summed E-state index contributed by atoms with van der Waals surface area (Å²) in [5, 5.41) is 7.98. The molecule has 0 rings (SSSR count). The van der Waals surface area contributed by atoms with Crippen LogP contribution in [-0.2, 0) is 4.79 Å². The van der Waals surface area contributed by atoms with E-state index in [4.69, 9.17) is 16.6 Å². The van der Waals surface area contributed by atoms with E-state index >= 15 is 0 Å². The van der Waals surface area contributed by atoms with Gasteiger partial charge < -0.3 is 24.0 Å². The molecule has 9 heavy (non-hydrogen) atoms. The first kappa shape index (κ1) is 16.8. The topological polar surface area (TPSA) is 89.3 Å². The number of carbonyl (C=O) groups is 1. The number of hydrogen-bond donors (Lipinski definition) is 3. The van der Waals surface area contributed by atoms with E-state index in [1.54, 1.807) is 0 Å². The first-order valence-corrected chi connectivity index (χ1v) is 1.87. The quantitative estimate of drug-likeness (QED) is 0.435. The molecule has 0 radical (unpaired) electrons. The summed E-state index contributed by atoms with van der Waals surface area (Å²) in [7, 11) is 0. The molecule has 0 aliphatic carbocycles. The standard InChI is InChI=1S/C3H8N2O2.CH3.Cs/c4-1-2(5)3(6)7;;/h2H,1,4-5H2,(H,6,7);1H3;/q;-1;+1/t2-;;/m0../s1. The van der Waals surface area contributed by atoms with Gasteiger partial charge in [-0.1, -0.05) is 0 Å². The maximum Gasteiger partial charge on any atom is 1.00 e. The molecule has 1 atom stereocenters. The summed E-state index contributed by atoms with van der Waals surface area (Å²) >= 11 is 0. The number of nitrogens with two attached hydrogens (primary N) is 2. The van der Waals surface area contributed by atoms with Crippen LogP contribution < -0.4 is 80.4 Å². The predicted molar refractivity (Wildman–Crippen MR) is 31.1 cm³/mol. The van der Waals surface area contributed by atoms with Gasteiger partial charge in [0, 0.05) is 6.54 Å². The molecule has 5 heteroatoms. The molecule has 0 aromatic carbocycles. The second kappa shape index (κ2) is 9.44. The van der Waals surface area contributed by atoms with Crippen molar-refractivity contribution in [3.8, 4) is 0 Å². The van der Waals surface area contributed by atoms with Gasteiger partial charge in [0.05, 0.1) is 0 Å². The third-order valence-corrected chi connectivity index (χ3v) is 0.571. The molecule has 0 amide bonds. The molecule has 5 N–H and O–H groups in total. The number of rotatable bonds is 2. The van der Waals surface area contributed by atoms with Crippen molar-refractivity contribution >= 4 is 5.97 Å². The Bertz CT molecular complexity index is 79.0. The fourth-order valence-electron chi connectivity index (χ4n) is 0.101. The smallest absolute Gasteiger partial charge is 0.480 e. The van der Waals surface area contributed by atoms with Gasteiger partial charge in [-0.3, -0.25) is 4.79 Å². The summed E-state index contributed by atoms with van der Waals surface area (Å²) in [6.07, 6.45) is 0. The Hall–Kier alpha value is 1.44. The molecule has 0 saturated carbocycles.